The highest BCUT2D eigenvalue weighted by Crippen LogP contribution is 2.20. The van der Waals surface area contributed by atoms with Crippen LogP contribution in [0.1, 0.15) is 10.4 Å². The average Bonchev–Trinajstić information content (AvgIpc) is 2.79. The minimum atomic E-state index is 0.785. The first kappa shape index (κ1) is 18.7. The van der Waals surface area contributed by atoms with Gasteiger partial charge < -0.3 is 9.47 Å². The zero-order chi connectivity index (χ0) is 19.2. The maximum atomic E-state index is 5.56. The van der Waals surface area contributed by atoms with Gasteiger partial charge in [0.25, 0.3) is 4.67 Å². The molecule has 0 aliphatic carbocycles. The van der Waals surface area contributed by atoms with Crippen LogP contribution < -0.4 is 14.0 Å². The van der Waals surface area contributed by atoms with Crippen LogP contribution >= 0.6 is 11.3 Å². The fraction of sp³-hybridized carbons (Fsp3) is 0.208. The lowest BCUT2D eigenvalue weighted by atomic mass is 10.1. The molecule has 28 heavy (non-hydrogen) atoms. The Kier molecular flexibility index (Phi) is 6.00. The molecule has 4 rings (SSSR count). The first-order valence-corrected chi connectivity index (χ1v) is 10.3. The van der Waals surface area contributed by atoms with Gasteiger partial charge in [-0.2, -0.15) is 0 Å². The van der Waals surface area contributed by atoms with Crippen molar-refractivity contribution in [2.24, 2.45) is 0 Å². The fourth-order valence-electron chi connectivity index (χ4n) is 3.26. The zero-order valence-electron chi connectivity index (χ0n) is 16.0. The largest absolute Gasteiger partial charge is 0.497 e. The molecule has 0 spiro atoms. The lowest BCUT2D eigenvalue weighted by Crippen LogP contribution is -2.39. The van der Waals surface area contributed by atoms with Crippen LogP contribution in [0.25, 0.3) is 23.3 Å². The molecule has 0 radical (unpaired) electrons. The molecule has 3 nitrogen and oxygen atoms in total. The van der Waals surface area contributed by atoms with Gasteiger partial charge in [-0.3, -0.25) is 0 Å². The third-order valence-corrected chi connectivity index (χ3v) is 5.98. The third kappa shape index (κ3) is 4.41. The molecule has 4 heteroatoms. The Labute approximate surface area is 169 Å². The molecule has 0 amide bonds. The van der Waals surface area contributed by atoms with E-state index in [1.54, 1.807) is 7.11 Å². The lowest BCUT2D eigenvalue weighted by molar-refractivity contribution is 0.0971. The highest BCUT2D eigenvalue weighted by atomic mass is 32.1. The van der Waals surface area contributed by atoms with E-state index >= 15 is 0 Å². The van der Waals surface area contributed by atoms with Crippen LogP contribution in [0.5, 0.6) is 5.75 Å². The molecule has 1 fully saturated rings. The van der Waals surface area contributed by atoms with E-state index in [0.717, 1.165) is 37.6 Å². The lowest BCUT2D eigenvalue weighted by Gasteiger charge is -2.12. The van der Waals surface area contributed by atoms with Gasteiger partial charge in [-0.25, -0.2) is 4.58 Å². The quantitative estimate of drug-likeness (QED) is 0.616. The molecule has 1 saturated heterocycles. The first-order valence-electron chi connectivity index (χ1n) is 9.51. The van der Waals surface area contributed by atoms with E-state index in [1.807, 2.05) is 23.5 Å². The van der Waals surface area contributed by atoms with E-state index in [-0.39, 0.29) is 0 Å². The number of rotatable bonds is 4. The van der Waals surface area contributed by atoms with Crippen molar-refractivity contribution in [2.45, 2.75) is 0 Å². The predicted molar refractivity (Wildman–Crippen MR) is 117 cm³/mol. The highest BCUT2D eigenvalue weighted by molar-refractivity contribution is 7.10. The Balaban J connectivity index is 1.72. The van der Waals surface area contributed by atoms with Crippen molar-refractivity contribution in [3.05, 3.63) is 81.8 Å². The number of nitrogens with zero attached hydrogens (tertiary/aromatic N) is 1. The first-order chi connectivity index (χ1) is 13.8. The van der Waals surface area contributed by atoms with Crippen molar-refractivity contribution < 1.29 is 9.47 Å². The maximum absolute atomic E-state index is 5.56. The SMILES string of the molecule is COc1ccc(/C=C/c2ccc(-c3ccccc3)c(=[N+]3CCOCC3)s2)cc1. The van der Waals surface area contributed by atoms with Gasteiger partial charge >= 0.3 is 0 Å². The van der Waals surface area contributed by atoms with Crippen LogP contribution in [0.15, 0.2) is 66.7 Å². The summed E-state index contributed by atoms with van der Waals surface area (Å²) in [7, 11) is 1.69. The van der Waals surface area contributed by atoms with E-state index in [4.69, 9.17) is 9.47 Å². The number of methoxy groups -OCH3 is 1. The molecule has 0 unspecified atom stereocenters. The van der Waals surface area contributed by atoms with Gasteiger partial charge in [0.2, 0.25) is 0 Å². The van der Waals surface area contributed by atoms with Crippen molar-refractivity contribution >= 4 is 23.5 Å². The van der Waals surface area contributed by atoms with Crippen LogP contribution in [0.3, 0.4) is 0 Å². The Hall–Kier alpha value is -2.69. The van der Waals surface area contributed by atoms with Gasteiger partial charge in [-0.1, -0.05) is 59.9 Å². The van der Waals surface area contributed by atoms with Gasteiger partial charge in [-0.15, -0.1) is 0 Å². The second-order valence-corrected chi connectivity index (χ2v) is 7.69. The molecule has 1 aliphatic rings. The molecule has 1 aromatic heterocycles. The van der Waals surface area contributed by atoms with E-state index in [9.17, 15) is 0 Å². The van der Waals surface area contributed by atoms with Crippen molar-refractivity contribution in [1.29, 1.82) is 0 Å². The summed E-state index contributed by atoms with van der Waals surface area (Å²) in [6.45, 7) is 3.43. The Morgan fingerprint density at radius 1 is 0.893 bits per heavy atom. The molecular formula is C24H24NO2S+. The maximum Gasteiger partial charge on any atom is 0.264 e. The van der Waals surface area contributed by atoms with Crippen LogP contribution in [-0.2, 0) is 4.74 Å². The van der Waals surface area contributed by atoms with Gasteiger partial charge in [0.05, 0.1) is 12.7 Å². The third-order valence-electron chi connectivity index (χ3n) is 4.80. The fourth-order valence-corrected chi connectivity index (χ4v) is 4.36. The molecule has 3 aromatic rings. The molecule has 2 heterocycles. The number of morpholine rings is 1. The van der Waals surface area contributed by atoms with Gasteiger partial charge in [0.1, 0.15) is 19.0 Å². The predicted octanol–water partition coefficient (Wildman–Crippen LogP) is 4.40. The van der Waals surface area contributed by atoms with Crippen LogP contribution in [-0.4, -0.2) is 33.4 Å². The normalized spacial score (nSPS) is 14.4. The van der Waals surface area contributed by atoms with E-state index in [0.29, 0.717) is 0 Å². The molecule has 0 bridgehead atoms. The molecule has 142 valence electrons. The minimum Gasteiger partial charge on any atom is -0.497 e. The number of hydrogen-bond acceptors (Lipinski definition) is 3. The zero-order valence-corrected chi connectivity index (χ0v) is 16.8. The summed E-state index contributed by atoms with van der Waals surface area (Å²) in [5, 5.41) is 0. The van der Waals surface area contributed by atoms with E-state index in [2.05, 4.69) is 71.3 Å². The number of hydrogen-bond donors (Lipinski definition) is 0. The van der Waals surface area contributed by atoms with Crippen LogP contribution in [0.2, 0.25) is 0 Å². The standard InChI is InChI=1S/C24H24NO2S/c1-26-21-10-7-19(8-11-21)9-12-22-13-14-23(20-5-3-2-4-6-20)24(28-22)25-15-17-27-18-16-25/h2-14H,15-18H2,1H3/q+1/b12-9+. The van der Waals surface area contributed by atoms with Crippen LogP contribution in [0, 0.1) is 0 Å². The summed E-state index contributed by atoms with van der Waals surface area (Å²) in [5.74, 6) is 0.877. The van der Waals surface area contributed by atoms with Crippen molar-refractivity contribution in [3.8, 4) is 16.9 Å². The van der Waals surface area contributed by atoms with Crippen molar-refractivity contribution in [2.75, 3.05) is 33.4 Å². The smallest absolute Gasteiger partial charge is 0.264 e. The molecule has 2 aromatic carbocycles. The van der Waals surface area contributed by atoms with Gasteiger partial charge in [-0.05, 0) is 41.5 Å². The molecule has 0 saturated carbocycles. The Bertz CT molecular complexity index is 1010. The summed E-state index contributed by atoms with van der Waals surface area (Å²) in [5.41, 5.74) is 3.70. The minimum absolute atomic E-state index is 0.785. The summed E-state index contributed by atoms with van der Waals surface area (Å²) in [4.78, 5) is 1.23. The summed E-state index contributed by atoms with van der Waals surface area (Å²) in [6.07, 6.45) is 4.34. The summed E-state index contributed by atoms with van der Waals surface area (Å²) in [6, 6.07) is 23.2. The second kappa shape index (κ2) is 9.00. The summed E-state index contributed by atoms with van der Waals surface area (Å²) >= 11 is 1.84. The molecule has 0 N–H and O–H groups in total. The Morgan fingerprint density at radius 3 is 2.36 bits per heavy atom. The van der Waals surface area contributed by atoms with E-state index in [1.165, 1.54) is 20.7 Å². The van der Waals surface area contributed by atoms with Gasteiger partial charge in [0.15, 0.2) is 13.1 Å². The second-order valence-electron chi connectivity index (χ2n) is 6.63. The molecular weight excluding hydrogens is 366 g/mol. The van der Waals surface area contributed by atoms with Crippen molar-refractivity contribution in [1.82, 2.24) is 4.58 Å². The van der Waals surface area contributed by atoms with E-state index < -0.39 is 0 Å². The topological polar surface area (TPSA) is 21.5 Å². The van der Waals surface area contributed by atoms with Gasteiger partial charge in [0, 0.05) is 4.88 Å². The molecule has 0 atom stereocenters. The van der Waals surface area contributed by atoms with Crippen molar-refractivity contribution in [3.63, 3.8) is 0 Å². The highest BCUT2D eigenvalue weighted by Gasteiger charge is 2.16. The average molecular weight is 391 g/mol. The number of ether oxygens (including phenoxy) is 2. The van der Waals surface area contributed by atoms with Crippen LogP contribution in [0.4, 0.5) is 0 Å². The Morgan fingerprint density at radius 2 is 1.64 bits per heavy atom. The number of benzene rings is 2. The monoisotopic (exact) mass is 390 g/mol. The molecule has 1 aliphatic heterocycles. The summed E-state index contributed by atoms with van der Waals surface area (Å²) < 4.78 is 14.5.